The monoisotopic (exact) mass is 582 g/mol. The van der Waals surface area contributed by atoms with Gasteiger partial charge in [-0.15, -0.1) is 0 Å². The van der Waals surface area contributed by atoms with E-state index in [9.17, 15) is 29.7 Å². The maximum absolute atomic E-state index is 14.2. The second-order valence-electron chi connectivity index (χ2n) is 12.4. The molecule has 13 nitrogen and oxygen atoms in total. The number of hydrogen-bond donors (Lipinski definition) is 8. The first-order valence-electron chi connectivity index (χ1n) is 13.5. The molecule has 0 saturated heterocycles. The molecule has 0 heterocycles. The third-order valence-electron chi connectivity index (χ3n) is 8.29. The number of likely N-dealkylation sites (N-methyl/N-ethyl adjacent to an activating group) is 1. The number of phenols is 1. The number of ketones is 2. The van der Waals surface area contributed by atoms with Crippen molar-refractivity contribution in [1.29, 1.82) is 5.41 Å². The SMILES string of the molecule is [CH2+]C(C)(C)NCC(=O)Nc1cc(N(C)C)c2c(c1O)C(O)=C1C(=O)C3(O)C(N)=C(C(=N)N)C(=O)C(N(C)C)C3CC1C2. The lowest BCUT2D eigenvalue weighted by molar-refractivity contribution is -0.148. The Balaban J connectivity index is 1.89. The molecule has 226 valence electrons. The standard InChI is InChI=1S/C29H39N7O6/c1-28(2,3)33-11-17(37)34-15-10-16(35(4)5)13-8-12-9-14-21(36(6)7)24(40)20(27(31)32)25(30)29(14,42)26(41)18(12)23(39)19(13)22(15)38/h10,12,14,21,33,42H,1,8-9,11H2,2-7H3,(H7-,30,31,32,34,37,38,39,40,41)/p+1. The normalized spacial score (nSPS) is 25.7. The van der Waals surface area contributed by atoms with Crippen molar-refractivity contribution >= 4 is 40.4 Å². The van der Waals surface area contributed by atoms with E-state index < -0.39 is 75.1 Å². The second kappa shape index (κ2) is 10.3. The number of carbonyl (C=O) groups is 3. The van der Waals surface area contributed by atoms with Crippen LogP contribution in [0.25, 0.3) is 5.76 Å². The molecule has 1 amide bonds. The van der Waals surface area contributed by atoms with Crippen molar-refractivity contribution in [1.82, 2.24) is 10.2 Å². The fourth-order valence-corrected chi connectivity index (χ4v) is 6.39. The van der Waals surface area contributed by atoms with Gasteiger partial charge in [-0.1, -0.05) is 0 Å². The number of nitrogens with zero attached hydrogens (tertiary/aromatic N) is 2. The number of amidine groups is 1. The number of benzene rings is 1. The fourth-order valence-electron chi connectivity index (χ4n) is 6.39. The second-order valence-corrected chi connectivity index (χ2v) is 12.4. The first kappa shape index (κ1) is 30.9. The molecular weight excluding hydrogens is 542 g/mol. The van der Waals surface area contributed by atoms with Crippen LogP contribution in [0.3, 0.4) is 0 Å². The van der Waals surface area contributed by atoms with Crippen LogP contribution in [0.1, 0.15) is 31.4 Å². The first-order valence-corrected chi connectivity index (χ1v) is 13.5. The number of aromatic hydroxyl groups is 1. The topological polar surface area (TPSA) is 218 Å². The molecule has 0 aliphatic heterocycles. The van der Waals surface area contributed by atoms with Gasteiger partial charge in [-0.05, 0) is 58.3 Å². The minimum atomic E-state index is -2.43. The number of fused-ring (bicyclic) bond motifs is 3. The maximum Gasteiger partial charge on any atom is 0.238 e. The predicted molar refractivity (Wildman–Crippen MR) is 159 cm³/mol. The number of amides is 1. The summed E-state index contributed by atoms with van der Waals surface area (Å²) in [5.74, 6) is -5.24. The number of nitrogens with one attached hydrogen (secondary N) is 3. The molecule has 0 aromatic heterocycles. The fraction of sp³-hybridized carbons (Fsp3) is 0.483. The average molecular weight is 583 g/mol. The van der Waals surface area contributed by atoms with Crippen molar-refractivity contribution < 1.29 is 29.7 Å². The van der Waals surface area contributed by atoms with Crippen LogP contribution < -0.4 is 27.0 Å². The van der Waals surface area contributed by atoms with E-state index in [1.165, 1.54) is 0 Å². The van der Waals surface area contributed by atoms with E-state index in [2.05, 4.69) is 17.6 Å². The van der Waals surface area contributed by atoms with E-state index in [1.54, 1.807) is 57.9 Å². The molecule has 3 aliphatic carbocycles. The van der Waals surface area contributed by atoms with Crippen LogP contribution in [-0.4, -0.2) is 95.4 Å². The lowest BCUT2D eigenvalue weighted by atomic mass is 9.57. The van der Waals surface area contributed by atoms with Gasteiger partial charge in [0.25, 0.3) is 0 Å². The summed E-state index contributed by atoms with van der Waals surface area (Å²) in [5, 5.41) is 48.4. The Hall–Kier alpha value is -4.07. The lowest BCUT2D eigenvalue weighted by Crippen LogP contribution is -2.67. The largest absolute Gasteiger partial charge is 0.507 e. The van der Waals surface area contributed by atoms with Gasteiger partial charge in [-0.3, -0.25) is 30.0 Å². The number of carbonyl (C=O) groups excluding carboxylic acids is 3. The van der Waals surface area contributed by atoms with Crippen LogP contribution in [0.5, 0.6) is 5.75 Å². The van der Waals surface area contributed by atoms with Gasteiger partial charge in [0.1, 0.15) is 17.3 Å². The summed E-state index contributed by atoms with van der Waals surface area (Å²) in [6, 6.07) is 0.583. The minimum absolute atomic E-state index is 0.0192. The average Bonchev–Trinajstić information content (AvgIpc) is 2.85. The minimum Gasteiger partial charge on any atom is -0.507 e. The lowest BCUT2D eigenvalue weighted by Gasteiger charge is -2.51. The zero-order chi connectivity index (χ0) is 31.6. The highest BCUT2D eigenvalue weighted by Crippen LogP contribution is 2.54. The van der Waals surface area contributed by atoms with Gasteiger partial charge < -0.3 is 37.0 Å². The van der Waals surface area contributed by atoms with Gasteiger partial charge in [0.15, 0.2) is 16.9 Å². The molecular formula is C29H40N7O6+. The number of aliphatic hydroxyl groups is 2. The molecule has 4 rings (SSSR count). The highest BCUT2D eigenvalue weighted by atomic mass is 16.3. The molecule has 42 heavy (non-hydrogen) atoms. The zero-order valence-corrected chi connectivity index (χ0v) is 24.8. The number of Topliss-reactive ketones (excluding diaryl/α,β-unsaturated/α-hetero) is 2. The molecule has 3 aliphatic rings. The number of nitrogens with two attached hydrogens (primary N) is 2. The third kappa shape index (κ3) is 4.76. The summed E-state index contributed by atoms with van der Waals surface area (Å²) in [6.07, 6.45) is 0.289. The Morgan fingerprint density at radius 1 is 1.24 bits per heavy atom. The van der Waals surface area contributed by atoms with Crippen LogP contribution in [-0.2, 0) is 20.8 Å². The number of phenolic OH excluding ortho intramolecular Hbond substituents is 1. The Bertz CT molecular complexity index is 1450. The molecule has 4 unspecified atom stereocenters. The van der Waals surface area contributed by atoms with Gasteiger partial charge in [-0.25, -0.2) is 0 Å². The molecule has 1 fully saturated rings. The van der Waals surface area contributed by atoms with E-state index in [1.807, 2.05) is 0 Å². The Labute approximate surface area is 244 Å². The van der Waals surface area contributed by atoms with E-state index in [0.717, 1.165) is 0 Å². The molecule has 1 aromatic rings. The van der Waals surface area contributed by atoms with Crippen LogP contribution in [0.2, 0.25) is 0 Å². The van der Waals surface area contributed by atoms with E-state index in [0.29, 0.717) is 11.3 Å². The summed E-state index contributed by atoms with van der Waals surface area (Å²) in [5.41, 5.74) is 8.88. The van der Waals surface area contributed by atoms with Crippen molar-refractivity contribution in [2.75, 3.05) is 45.0 Å². The number of hydrogen-bond acceptors (Lipinski definition) is 11. The van der Waals surface area contributed by atoms with Gasteiger partial charge in [0, 0.05) is 31.3 Å². The Kier molecular flexibility index (Phi) is 7.60. The summed E-state index contributed by atoms with van der Waals surface area (Å²) in [4.78, 5) is 43.6. The van der Waals surface area contributed by atoms with Crippen molar-refractivity contribution in [3.8, 4) is 5.75 Å². The summed E-state index contributed by atoms with van der Waals surface area (Å²) < 4.78 is 0. The molecule has 10 N–H and O–H groups in total. The highest BCUT2D eigenvalue weighted by Gasteiger charge is 2.62. The van der Waals surface area contributed by atoms with Crippen LogP contribution in [0, 0.1) is 24.2 Å². The smallest absolute Gasteiger partial charge is 0.238 e. The van der Waals surface area contributed by atoms with E-state index >= 15 is 0 Å². The molecule has 4 atom stereocenters. The third-order valence-corrected chi connectivity index (χ3v) is 8.29. The molecule has 1 saturated carbocycles. The molecule has 0 spiro atoms. The van der Waals surface area contributed by atoms with Crippen molar-refractivity contribution in [2.24, 2.45) is 23.3 Å². The highest BCUT2D eigenvalue weighted by molar-refractivity contribution is 6.25. The van der Waals surface area contributed by atoms with Crippen LogP contribution in [0.4, 0.5) is 11.4 Å². The van der Waals surface area contributed by atoms with Crippen LogP contribution in [0.15, 0.2) is 22.9 Å². The molecule has 1 aromatic carbocycles. The summed E-state index contributed by atoms with van der Waals surface area (Å²) in [6.45, 7) is 7.40. The number of rotatable bonds is 7. The van der Waals surface area contributed by atoms with E-state index in [-0.39, 0.29) is 36.2 Å². The molecule has 0 radical (unpaired) electrons. The first-order chi connectivity index (χ1) is 19.3. The van der Waals surface area contributed by atoms with Crippen LogP contribution >= 0.6 is 0 Å². The molecule has 0 bridgehead atoms. The Morgan fingerprint density at radius 2 is 1.86 bits per heavy atom. The van der Waals surface area contributed by atoms with Crippen molar-refractivity contribution in [2.45, 2.75) is 43.9 Å². The number of anilines is 2. The summed E-state index contributed by atoms with van der Waals surface area (Å²) in [7, 11) is 6.78. The Morgan fingerprint density at radius 3 is 2.38 bits per heavy atom. The van der Waals surface area contributed by atoms with E-state index in [4.69, 9.17) is 16.9 Å². The molecule has 13 heteroatoms. The number of aliphatic hydroxyl groups excluding tert-OH is 1. The quantitative estimate of drug-likeness (QED) is 0.0927. The van der Waals surface area contributed by atoms with Gasteiger partial charge in [0.05, 0.1) is 42.0 Å². The zero-order valence-electron chi connectivity index (χ0n) is 24.8. The van der Waals surface area contributed by atoms with Gasteiger partial charge >= 0.3 is 0 Å². The van der Waals surface area contributed by atoms with Crippen molar-refractivity contribution in [3.05, 3.63) is 41.0 Å². The summed E-state index contributed by atoms with van der Waals surface area (Å²) >= 11 is 0. The van der Waals surface area contributed by atoms with Crippen molar-refractivity contribution in [3.63, 3.8) is 0 Å². The maximum atomic E-state index is 14.2. The predicted octanol–water partition coefficient (Wildman–Crippen LogP) is 0.0222. The van der Waals surface area contributed by atoms with Gasteiger partial charge in [0.2, 0.25) is 11.7 Å². The van der Waals surface area contributed by atoms with Gasteiger partial charge in [-0.2, -0.15) is 0 Å².